The van der Waals surface area contributed by atoms with Crippen LogP contribution in [0.4, 0.5) is 0 Å². The van der Waals surface area contributed by atoms with Crippen LogP contribution in [0, 0.1) is 5.92 Å². The van der Waals surface area contributed by atoms with E-state index in [0.29, 0.717) is 38.6 Å². The van der Waals surface area contributed by atoms with Crippen molar-refractivity contribution in [1.82, 2.24) is 10.6 Å². The summed E-state index contributed by atoms with van der Waals surface area (Å²) in [5, 5.41) is 14.6. The van der Waals surface area contributed by atoms with Crippen LogP contribution in [0.3, 0.4) is 0 Å². The van der Waals surface area contributed by atoms with Crippen LogP contribution in [0.2, 0.25) is 0 Å². The maximum absolute atomic E-state index is 11.8. The lowest BCUT2D eigenvalue weighted by molar-refractivity contribution is -0.142. The van der Waals surface area contributed by atoms with E-state index >= 15 is 0 Å². The first kappa shape index (κ1) is 17.5. The summed E-state index contributed by atoms with van der Waals surface area (Å²) in [6.45, 7) is 2.67. The first-order valence-electron chi connectivity index (χ1n) is 7.81. The minimum Gasteiger partial charge on any atom is -0.481 e. The molecule has 1 fully saturated rings. The molecular formula is C15H26N2O4. The summed E-state index contributed by atoms with van der Waals surface area (Å²) in [5.41, 5.74) is 0. The summed E-state index contributed by atoms with van der Waals surface area (Å²) in [6, 6.07) is 0.0852. The highest BCUT2D eigenvalue weighted by atomic mass is 16.4. The van der Waals surface area contributed by atoms with Gasteiger partial charge in [-0.25, -0.2) is 0 Å². The average molecular weight is 298 g/mol. The quantitative estimate of drug-likeness (QED) is 0.632. The average Bonchev–Trinajstić information content (AvgIpc) is 2.45. The third-order valence-electron chi connectivity index (χ3n) is 3.82. The zero-order valence-corrected chi connectivity index (χ0v) is 12.7. The van der Waals surface area contributed by atoms with Crippen molar-refractivity contribution < 1.29 is 19.5 Å². The van der Waals surface area contributed by atoms with Crippen LogP contribution >= 0.6 is 0 Å². The first-order valence-corrected chi connectivity index (χ1v) is 7.81. The number of carboxylic acids is 1. The van der Waals surface area contributed by atoms with E-state index in [1.54, 1.807) is 0 Å². The largest absolute Gasteiger partial charge is 0.481 e. The Morgan fingerprint density at radius 3 is 2.24 bits per heavy atom. The van der Waals surface area contributed by atoms with Gasteiger partial charge < -0.3 is 15.7 Å². The van der Waals surface area contributed by atoms with Crippen LogP contribution in [-0.2, 0) is 14.4 Å². The molecule has 21 heavy (non-hydrogen) atoms. The van der Waals surface area contributed by atoms with Gasteiger partial charge in [-0.15, -0.1) is 0 Å². The number of aliphatic carboxylic acids is 1. The lowest BCUT2D eigenvalue weighted by Gasteiger charge is -2.26. The zero-order valence-electron chi connectivity index (χ0n) is 12.7. The predicted molar refractivity (Wildman–Crippen MR) is 78.7 cm³/mol. The third-order valence-corrected chi connectivity index (χ3v) is 3.82. The normalized spacial score (nSPS) is 21.6. The molecule has 0 aromatic carbocycles. The fourth-order valence-electron chi connectivity index (χ4n) is 2.55. The first-order chi connectivity index (χ1) is 10.0. The van der Waals surface area contributed by atoms with Crippen molar-refractivity contribution in [3.8, 4) is 0 Å². The van der Waals surface area contributed by atoms with Crippen LogP contribution < -0.4 is 10.6 Å². The van der Waals surface area contributed by atoms with E-state index in [2.05, 4.69) is 10.6 Å². The van der Waals surface area contributed by atoms with Crippen LogP contribution in [0.1, 0.15) is 58.3 Å². The summed E-state index contributed by atoms with van der Waals surface area (Å²) in [7, 11) is 0. The number of carbonyl (C=O) groups excluding carboxylic acids is 2. The van der Waals surface area contributed by atoms with Crippen LogP contribution in [0.15, 0.2) is 0 Å². The van der Waals surface area contributed by atoms with E-state index in [4.69, 9.17) is 5.11 Å². The van der Waals surface area contributed by atoms with Gasteiger partial charge >= 0.3 is 5.97 Å². The zero-order chi connectivity index (χ0) is 15.7. The topological polar surface area (TPSA) is 95.5 Å². The molecule has 0 radical (unpaired) electrons. The van der Waals surface area contributed by atoms with Crippen molar-refractivity contribution in [1.29, 1.82) is 0 Å². The summed E-state index contributed by atoms with van der Waals surface area (Å²) in [4.78, 5) is 34.0. The fraction of sp³-hybridized carbons (Fsp3) is 0.800. The minimum absolute atomic E-state index is 0.00776. The van der Waals surface area contributed by atoms with Crippen molar-refractivity contribution in [3.63, 3.8) is 0 Å². The van der Waals surface area contributed by atoms with Crippen LogP contribution in [-0.4, -0.2) is 35.5 Å². The summed E-state index contributed by atoms with van der Waals surface area (Å²) < 4.78 is 0. The highest BCUT2D eigenvalue weighted by Crippen LogP contribution is 2.24. The summed E-state index contributed by atoms with van der Waals surface area (Å²) >= 11 is 0. The second-order valence-electron chi connectivity index (χ2n) is 5.66. The molecule has 0 aliphatic heterocycles. The second-order valence-corrected chi connectivity index (χ2v) is 5.66. The molecule has 1 saturated carbocycles. The molecule has 2 amide bonds. The maximum atomic E-state index is 11.8. The lowest BCUT2D eigenvalue weighted by Crippen LogP contribution is -2.38. The number of carboxylic acid groups (broad SMARTS) is 1. The highest BCUT2D eigenvalue weighted by Gasteiger charge is 2.26. The Hall–Kier alpha value is -1.59. The Labute approximate surface area is 125 Å². The number of carbonyl (C=O) groups is 3. The molecule has 0 heterocycles. The molecule has 0 bridgehead atoms. The monoisotopic (exact) mass is 298 g/mol. The van der Waals surface area contributed by atoms with E-state index in [9.17, 15) is 14.4 Å². The van der Waals surface area contributed by atoms with Gasteiger partial charge in [-0.3, -0.25) is 14.4 Å². The molecule has 6 heteroatoms. The van der Waals surface area contributed by atoms with E-state index in [-0.39, 0.29) is 23.8 Å². The van der Waals surface area contributed by atoms with Crippen molar-refractivity contribution in [3.05, 3.63) is 0 Å². The van der Waals surface area contributed by atoms with Gasteiger partial charge in [-0.2, -0.15) is 0 Å². The number of hydrogen-bond acceptors (Lipinski definition) is 3. The Morgan fingerprint density at radius 2 is 1.67 bits per heavy atom. The minimum atomic E-state index is -0.738. The SMILES string of the molecule is CCCNC(=O)CCCC(=O)NC1CCC(C(=O)O)CC1. The molecule has 0 atom stereocenters. The Balaban J connectivity index is 2.12. The third kappa shape index (κ3) is 7.11. The molecule has 0 unspecified atom stereocenters. The van der Waals surface area contributed by atoms with Gasteiger partial charge in [0.15, 0.2) is 0 Å². The highest BCUT2D eigenvalue weighted by molar-refractivity contribution is 5.79. The van der Waals surface area contributed by atoms with E-state index in [0.717, 1.165) is 19.3 Å². The fourth-order valence-corrected chi connectivity index (χ4v) is 2.55. The van der Waals surface area contributed by atoms with Crippen molar-refractivity contribution >= 4 is 17.8 Å². The number of amides is 2. The smallest absolute Gasteiger partial charge is 0.306 e. The van der Waals surface area contributed by atoms with Gasteiger partial charge in [0, 0.05) is 25.4 Å². The van der Waals surface area contributed by atoms with Gasteiger partial charge in [-0.1, -0.05) is 6.92 Å². The van der Waals surface area contributed by atoms with Crippen molar-refractivity contribution in [2.45, 2.75) is 64.3 Å². The number of nitrogens with one attached hydrogen (secondary N) is 2. The molecule has 3 N–H and O–H groups in total. The molecule has 120 valence electrons. The van der Waals surface area contributed by atoms with Crippen molar-refractivity contribution in [2.75, 3.05) is 6.54 Å². The van der Waals surface area contributed by atoms with E-state index in [1.807, 2.05) is 6.92 Å². The number of hydrogen-bond donors (Lipinski definition) is 3. The van der Waals surface area contributed by atoms with Gasteiger partial charge in [0.25, 0.3) is 0 Å². The second kappa shape index (κ2) is 9.37. The molecule has 1 aliphatic carbocycles. The van der Waals surface area contributed by atoms with Crippen LogP contribution in [0.25, 0.3) is 0 Å². The Bertz CT molecular complexity index is 363. The summed E-state index contributed by atoms with van der Waals surface area (Å²) in [5.74, 6) is -1.05. The molecule has 0 aromatic rings. The summed E-state index contributed by atoms with van der Waals surface area (Å²) in [6.07, 6.45) is 4.87. The molecule has 1 aliphatic rings. The number of rotatable bonds is 8. The van der Waals surface area contributed by atoms with Gasteiger partial charge in [0.05, 0.1) is 5.92 Å². The van der Waals surface area contributed by atoms with Crippen molar-refractivity contribution in [2.24, 2.45) is 5.92 Å². The molecule has 1 rings (SSSR count). The van der Waals surface area contributed by atoms with Gasteiger partial charge in [0.1, 0.15) is 0 Å². The Morgan fingerprint density at radius 1 is 1.05 bits per heavy atom. The predicted octanol–water partition coefficient (Wildman–Crippen LogP) is 1.44. The molecule has 6 nitrogen and oxygen atoms in total. The molecule has 0 saturated heterocycles. The van der Waals surface area contributed by atoms with E-state index < -0.39 is 5.97 Å². The standard InChI is InChI=1S/C15H26N2O4/c1-2-10-16-13(18)4-3-5-14(19)17-12-8-6-11(7-9-12)15(20)21/h11-12H,2-10H2,1H3,(H,16,18)(H,17,19)(H,20,21). The lowest BCUT2D eigenvalue weighted by atomic mass is 9.86. The maximum Gasteiger partial charge on any atom is 0.306 e. The molecule has 0 aromatic heterocycles. The van der Waals surface area contributed by atoms with Gasteiger partial charge in [0.2, 0.25) is 11.8 Å². The molecule has 0 spiro atoms. The Kier molecular flexibility index (Phi) is 7.79. The molecular weight excluding hydrogens is 272 g/mol. The van der Waals surface area contributed by atoms with Crippen LogP contribution in [0.5, 0.6) is 0 Å². The van der Waals surface area contributed by atoms with E-state index in [1.165, 1.54) is 0 Å². The van der Waals surface area contributed by atoms with Gasteiger partial charge in [-0.05, 0) is 38.5 Å².